The van der Waals surface area contributed by atoms with Crippen LogP contribution in [-0.4, -0.2) is 16.2 Å². The normalized spacial score (nSPS) is 14.3. The van der Waals surface area contributed by atoms with E-state index in [4.69, 9.17) is 11.6 Å². The molecule has 1 aliphatic rings. The standard InChI is InChI=1S/C18H15ClN2OS2/c1-23-11-7-5-10(6-8-11)9-13(19)16-20-17(22)15-12-3-2-4-14(12)24-18(15)21-16/h5-9H,2-4H2,1H3,(H,20,21,22)/b13-9-. The molecule has 4 rings (SSSR count). The topological polar surface area (TPSA) is 45.8 Å². The minimum Gasteiger partial charge on any atom is -0.305 e. The molecule has 1 N–H and O–H groups in total. The summed E-state index contributed by atoms with van der Waals surface area (Å²) in [6.07, 6.45) is 7.03. The molecular weight excluding hydrogens is 360 g/mol. The quantitative estimate of drug-likeness (QED) is 0.661. The summed E-state index contributed by atoms with van der Waals surface area (Å²) in [5, 5.41) is 1.20. The molecule has 122 valence electrons. The number of hydrogen-bond acceptors (Lipinski definition) is 4. The van der Waals surface area contributed by atoms with E-state index in [1.54, 1.807) is 23.1 Å². The molecule has 0 bridgehead atoms. The third-order valence-corrected chi connectivity index (χ3v) is 6.43. The number of thioether (sulfide) groups is 1. The van der Waals surface area contributed by atoms with E-state index in [1.165, 1.54) is 15.3 Å². The maximum absolute atomic E-state index is 12.5. The lowest BCUT2D eigenvalue weighted by atomic mass is 10.2. The zero-order valence-corrected chi connectivity index (χ0v) is 15.4. The first-order chi connectivity index (χ1) is 11.7. The van der Waals surface area contributed by atoms with Gasteiger partial charge in [0.05, 0.1) is 10.4 Å². The van der Waals surface area contributed by atoms with Crippen molar-refractivity contribution in [2.45, 2.75) is 24.2 Å². The second kappa shape index (κ2) is 6.39. The molecule has 0 spiro atoms. The zero-order chi connectivity index (χ0) is 16.7. The first-order valence-corrected chi connectivity index (χ1v) is 10.1. The number of benzene rings is 1. The predicted molar refractivity (Wildman–Crippen MR) is 104 cm³/mol. The molecule has 0 saturated carbocycles. The van der Waals surface area contributed by atoms with Gasteiger partial charge >= 0.3 is 0 Å². The molecule has 0 fully saturated rings. The van der Waals surface area contributed by atoms with Crippen molar-refractivity contribution in [2.75, 3.05) is 6.26 Å². The molecular formula is C18H15ClN2OS2. The van der Waals surface area contributed by atoms with Gasteiger partial charge in [-0.15, -0.1) is 23.1 Å². The molecule has 0 saturated heterocycles. The largest absolute Gasteiger partial charge is 0.305 e. The maximum Gasteiger partial charge on any atom is 0.260 e. The van der Waals surface area contributed by atoms with E-state index < -0.39 is 0 Å². The minimum absolute atomic E-state index is 0.0846. The van der Waals surface area contributed by atoms with Crippen LogP contribution in [0, 0.1) is 0 Å². The van der Waals surface area contributed by atoms with E-state index >= 15 is 0 Å². The number of fused-ring (bicyclic) bond motifs is 3. The highest BCUT2D eigenvalue weighted by molar-refractivity contribution is 7.98. The van der Waals surface area contributed by atoms with Crippen molar-refractivity contribution in [3.05, 3.63) is 56.4 Å². The fraction of sp³-hybridized carbons (Fsp3) is 0.222. The van der Waals surface area contributed by atoms with Crippen LogP contribution in [0.4, 0.5) is 0 Å². The van der Waals surface area contributed by atoms with Crippen molar-refractivity contribution in [1.29, 1.82) is 0 Å². The van der Waals surface area contributed by atoms with Crippen LogP contribution < -0.4 is 5.56 Å². The van der Waals surface area contributed by atoms with Crippen LogP contribution in [0.1, 0.15) is 28.2 Å². The van der Waals surface area contributed by atoms with Gasteiger partial charge in [0.1, 0.15) is 4.83 Å². The Morgan fingerprint density at radius 2 is 2.12 bits per heavy atom. The first kappa shape index (κ1) is 15.9. The van der Waals surface area contributed by atoms with Gasteiger partial charge in [-0.3, -0.25) is 4.79 Å². The Bertz CT molecular complexity index is 1000. The van der Waals surface area contributed by atoms with Crippen LogP contribution in [0.2, 0.25) is 0 Å². The monoisotopic (exact) mass is 374 g/mol. The van der Waals surface area contributed by atoms with Gasteiger partial charge in [0, 0.05) is 9.77 Å². The van der Waals surface area contributed by atoms with Gasteiger partial charge in [0.2, 0.25) is 0 Å². The fourth-order valence-corrected chi connectivity index (χ4v) is 4.92. The Hall–Kier alpha value is -1.56. The van der Waals surface area contributed by atoms with Gasteiger partial charge in [-0.1, -0.05) is 23.7 Å². The van der Waals surface area contributed by atoms with Crippen molar-refractivity contribution in [3.63, 3.8) is 0 Å². The molecule has 0 amide bonds. The number of H-pyrrole nitrogens is 1. The van der Waals surface area contributed by atoms with E-state index in [-0.39, 0.29) is 5.56 Å². The Morgan fingerprint density at radius 3 is 2.88 bits per heavy atom. The number of nitrogens with one attached hydrogen (secondary N) is 1. The highest BCUT2D eigenvalue weighted by Gasteiger charge is 2.21. The molecule has 3 nitrogen and oxygen atoms in total. The van der Waals surface area contributed by atoms with Gasteiger partial charge in [-0.05, 0) is 54.9 Å². The predicted octanol–water partition coefficient (Wildman–Crippen LogP) is 4.93. The number of thiophene rings is 1. The molecule has 0 atom stereocenters. The molecule has 1 aliphatic carbocycles. The van der Waals surface area contributed by atoms with Gasteiger partial charge < -0.3 is 4.98 Å². The van der Waals surface area contributed by atoms with Crippen molar-refractivity contribution in [2.24, 2.45) is 0 Å². The molecule has 3 aromatic rings. The van der Waals surface area contributed by atoms with E-state index in [9.17, 15) is 4.79 Å². The molecule has 2 aromatic heterocycles. The van der Waals surface area contributed by atoms with E-state index in [0.29, 0.717) is 10.9 Å². The zero-order valence-electron chi connectivity index (χ0n) is 13.1. The molecule has 6 heteroatoms. The summed E-state index contributed by atoms with van der Waals surface area (Å²) in [4.78, 5) is 23.2. The number of aryl methyl sites for hydroxylation is 2. The molecule has 1 aromatic carbocycles. The number of halogens is 1. The van der Waals surface area contributed by atoms with Crippen molar-refractivity contribution in [1.82, 2.24) is 9.97 Å². The van der Waals surface area contributed by atoms with E-state index in [1.807, 2.05) is 36.6 Å². The summed E-state index contributed by atoms with van der Waals surface area (Å²) in [7, 11) is 0. The maximum atomic E-state index is 12.5. The van der Waals surface area contributed by atoms with Gasteiger partial charge in [0.15, 0.2) is 5.82 Å². The minimum atomic E-state index is -0.0846. The van der Waals surface area contributed by atoms with Crippen LogP contribution in [0.5, 0.6) is 0 Å². The van der Waals surface area contributed by atoms with Crippen LogP contribution in [0.15, 0.2) is 34.0 Å². The number of nitrogens with zero attached hydrogens (tertiary/aromatic N) is 1. The number of hydrogen-bond donors (Lipinski definition) is 1. The average molecular weight is 375 g/mol. The van der Waals surface area contributed by atoms with Crippen LogP contribution in [0.25, 0.3) is 21.3 Å². The summed E-state index contributed by atoms with van der Waals surface area (Å²) in [6, 6.07) is 8.10. The summed E-state index contributed by atoms with van der Waals surface area (Å²) in [6.45, 7) is 0. The molecule has 2 heterocycles. The molecule has 0 unspecified atom stereocenters. The van der Waals surface area contributed by atoms with Crippen LogP contribution in [0.3, 0.4) is 0 Å². The Morgan fingerprint density at radius 1 is 1.33 bits per heavy atom. The SMILES string of the molecule is CSc1ccc(/C=C(\Cl)c2nc3sc4c(c3c(=O)[nH]2)CCC4)cc1. The average Bonchev–Trinajstić information content (AvgIpc) is 3.15. The van der Waals surface area contributed by atoms with Crippen molar-refractivity contribution < 1.29 is 0 Å². The second-order valence-corrected chi connectivity index (χ2v) is 8.09. The van der Waals surface area contributed by atoms with E-state index in [0.717, 1.165) is 35.0 Å². The summed E-state index contributed by atoms with van der Waals surface area (Å²) in [5.74, 6) is 0.433. The third kappa shape index (κ3) is 2.81. The molecule has 24 heavy (non-hydrogen) atoms. The van der Waals surface area contributed by atoms with Crippen LogP contribution >= 0.6 is 34.7 Å². The van der Waals surface area contributed by atoms with E-state index in [2.05, 4.69) is 9.97 Å². The van der Waals surface area contributed by atoms with Gasteiger partial charge in [-0.25, -0.2) is 4.98 Å². The first-order valence-electron chi connectivity index (χ1n) is 7.72. The lowest BCUT2D eigenvalue weighted by molar-refractivity contribution is 0.916. The lowest BCUT2D eigenvalue weighted by Crippen LogP contribution is -2.10. The smallest absolute Gasteiger partial charge is 0.260 e. The Labute approximate surface area is 152 Å². The Kier molecular flexibility index (Phi) is 4.24. The Balaban J connectivity index is 1.75. The van der Waals surface area contributed by atoms with Crippen LogP contribution in [-0.2, 0) is 12.8 Å². The summed E-state index contributed by atoms with van der Waals surface area (Å²) < 4.78 is 0. The highest BCUT2D eigenvalue weighted by atomic mass is 35.5. The lowest BCUT2D eigenvalue weighted by Gasteiger charge is -2.02. The number of aromatic nitrogens is 2. The second-order valence-electron chi connectivity index (χ2n) is 5.72. The third-order valence-electron chi connectivity index (χ3n) is 4.21. The highest BCUT2D eigenvalue weighted by Crippen LogP contribution is 2.35. The number of aromatic amines is 1. The van der Waals surface area contributed by atoms with Gasteiger partial charge in [0.25, 0.3) is 5.56 Å². The molecule has 0 radical (unpaired) electrons. The molecule has 0 aliphatic heterocycles. The van der Waals surface area contributed by atoms with Crippen molar-refractivity contribution in [3.8, 4) is 0 Å². The van der Waals surface area contributed by atoms with Crippen molar-refractivity contribution >= 4 is 56.0 Å². The summed E-state index contributed by atoms with van der Waals surface area (Å²) >= 11 is 9.73. The summed E-state index contributed by atoms with van der Waals surface area (Å²) in [5.41, 5.74) is 2.08. The fourth-order valence-electron chi connectivity index (χ4n) is 3.03. The van der Waals surface area contributed by atoms with Gasteiger partial charge in [-0.2, -0.15) is 0 Å². The number of rotatable bonds is 3.